The Morgan fingerprint density at radius 3 is 2.78 bits per heavy atom. The molecule has 18 heavy (non-hydrogen) atoms. The highest BCUT2D eigenvalue weighted by molar-refractivity contribution is 9.10. The number of unbranched alkanes of at least 4 members (excludes halogenated alkanes) is 3. The van der Waals surface area contributed by atoms with Crippen molar-refractivity contribution in [3.05, 3.63) is 41.4 Å². The lowest BCUT2D eigenvalue weighted by Gasteiger charge is -2.10. The number of rotatable bonds is 9. The van der Waals surface area contributed by atoms with E-state index in [-0.39, 0.29) is 6.10 Å². The summed E-state index contributed by atoms with van der Waals surface area (Å²) in [4.78, 5) is 1.20. The summed E-state index contributed by atoms with van der Waals surface area (Å²) in [5, 5.41) is 9.90. The molecule has 0 fully saturated rings. The van der Waals surface area contributed by atoms with Crippen LogP contribution in [-0.2, 0) is 0 Å². The highest BCUT2D eigenvalue weighted by Gasteiger charge is 2.06. The molecule has 1 aromatic carbocycles. The minimum absolute atomic E-state index is 0.203. The first kappa shape index (κ1) is 15.8. The molecule has 0 amide bonds. The molecule has 0 aliphatic rings. The summed E-state index contributed by atoms with van der Waals surface area (Å²) in [6.07, 6.45) is 7.21. The van der Waals surface area contributed by atoms with Crippen molar-refractivity contribution < 1.29 is 5.11 Å². The van der Waals surface area contributed by atoms with Crippen LogP contribution >= 0.6 is 27.7 Å². The fraction of sp³-hybridized carbons (Fsp3) is 0.467. The molecule has 0 saturated heterocycles. The van der Waals surface area contributed by atoms with Gasteiger partial charge >= 0.3 is 0 Å². The van der Waals surface area contributed by atoms with E-state index < -0.39 is 0 Å². The Morgan fingerprint density at radius 1 is 1.28 bits per heavy atom. The average molecular weight is 329 g/mol. The molecule has 3 heteroatoms. The fourth-order valence-electron chi connectivity index (χ4n) is 1.68. The van der Waals surface area contributed by atoms with Crippen LogP contribution in [0.5, 0.6) is 0 Å². The van der Waals surface area contributed by atoms with E-state index in [2.05, 4.69) is 28.6 Å². The average Bonchev–Trinajstić information content (AvgIpc) is 2.37. The van der Waals surface area contributed by atoms with E-state index in [4.69, 9.17) is 0 Å². The highest BCUT2D eigenvalue weighted by atomic mass is 79.9. The number of aliphatic hydroxyl groups is 1. The smallest absolute Gasteiger partial charge is 0.0634 e. The third kappa shape index (κ3) is 6.62. The molecule has 1 unspecified atom stereocenters. The van der Waals surface area contributed by atoms with Crippen LogP contribution < -0.4 is 0 Å². The molecule has 100 valence electrons. The van der Waals surface area contributed by atoms with Crippen LogP contribution in [0, 0.1) is 0 Å². The molecular formula is C15H21BrOS. The van der Waals surface area contributed by atoms with Gasteiger partial charge in [0.15, 0.2) is 0 Å². The molecule has 0 aromatic heterocycles. The van der Waals surface area contributed by atoms with Gasteiger partial charge in [0.2, 0.25) is 0 Å². The van der Waals surface area contributed by atoms with Crippen LogP contribution in [-0.4, -0.2) is 17.0 Å². The van der Waals surface area contributed by atoms with Gasteiger partial charge in [-0.2, -0.15) is 0 Å². The standard InChI is InChI=1S/C15H21BrOS/c1-2-3-4-5-6-9-13(17)12-18-15-11-8-7-10-14(15)16/h2,7-8,10-11,13,17H,1,3-6,9,12H2. The minimum atomic E-state index is -0.203. The Hall–Kier alpha value is -0.250. The van der Waals surface area contributed by atoms with E-state index in [1.54, 1.807) is 11.8 Å². The Balaban J connectivity index is 2.15. The minimum Gasteiger partial charge on any atom is -0.392 e. The largest absolute Gasteiger partial charge is 0.392 e. The Bertz CT molecular complexity index is 354. The van der Waals surface area contributed by atoms with Crippen molar-refractivity contribution in [1.82, 2.24) is 0 Å². The van der Waals surface area contributed by atoms with E-state index in [0.29, 0.717) is 0 Å². The van der Waals surface area contributed by atoms with Crippen molar-refractivity contribution >= 4 is 27.7 Å². The van der Waals surface area contributed by atoms with Gasteiger partial charge in [-0.05, 0) is 47.3 Å². The van der Waals surface area contributed by atoms with Crippen LogP contribution in [0.4, 0.5) is 0 Å². The molecule has 0 heterocycles. The molecule has 0 spiro atoms. The molecule has 0 radical (unpaired) electrons. The zero-order valence-electron chi connectivity index (χ0n) is 10.6. The van der Waals surface area contributed by atoms with Crippen molar-refractivity contribution in [3.63, 3.8) is 0 Å². The van der Waals surface area contributed by atoms with Crippen LogP contribution in [0.1, 0.15) is 32.1 Å². The lowest BCUT2D eigenvalue weighted by Crippen LogP contribution is -2.09. The van der Waals surface area contributed by atoms with Gasteiger partial charge in [-0.1, -0.05) is 31.1 Å². The zero-order chi connectivity index (χ0) is 13.2. The number of hydrogen-bond acceptors (Lipinski definition) is 2. The van der Waals surface area contributed by atoms with Crippen LogP contribution in [0.25, 0.3) is 0 Å². The zero-order valence-corrected chi connectivity index (χ0v) is 13.0. The normalized spacial score (nSPS) is 12.3. The second-order valence-corrected chi connectivity index (χ2v) is 6.24. The van der Waals surface area contributed by atoms with Crippen molar-refractivity contribution in [2.24, 2.45) is 0 Å². The summed E-state index contributed by atoms with van der Waals surface area (Å²) in [6.45, 7) is 3.71. The molecule has 0 aliphatic carbocycles. The van der Waals surface area contributed by atoms with Crippen molar-refractivity contribution in [2.45, 2.75) is 43.1 Å². The first-order valence-electron chi connectivity index (χ1n) is 6.40. The number of aliphatic hydroxyl groups excluding tert-OH is 1. The first-order chi connectivity index (χ1) is 8.74. The lowest BCUT2D eigenvalue weighted by atomic mass is 10.1. The maximum atomic E-state index is 9.90. The molecule has 0 saturated carbocycles. The Kier molecular flexibility index (Phi) is 8.47. The topological polar surface area (TPSA) is 20.2 Å². The van der Waals surface area contributed by atoms with Gasteiger partial charge in [-0.3, -0.25) is 0 Å². The van der Waals surface area contributed by atoms with Gasteiger partial charge in [-0.15, -0.1) is 18.3 Å². The second-order valence-electron chi connectivity index (χ2n) is 4.32. The van der Waals surface area contributed by atoms with Crippen LogP contribution in [0.15, 0.2) is 46.3 Å². The van der Waals surface area contributed by atoms with E-state index in [9.17, 15) is 5.11 Å². The summed E-state index contributed by atoms with van der Waals surface area (Å²) in [5.74, 6) is 0.768. The summed E-state index contributed by atoms with van der Waals surface area (Å²) in [5.41, 5.74) is 0. The number of allylic oxidation sites excluding steroid dienone is 1. The molecule has 0 bridgehead atoms. The van der Waals surface area contributed by atoms with Gasteiger partial charge in [0.05, 0.1) is 6.10 Å². The predicted octanol–water partition coefficient (Wildman–Crippen LogP) is 5.04. The number of benzene rings is 1. The highest BCUT2D eigenvalue weighted by Crippen LogP contribution is 2.28. The first-order valence-corrected chi connectivity index (χ1v) is 8.18. The molecule has 0 aliphatic heterocycles. The second kappa shape index (κ2) is 9.65. The molecule has 1 atom stereocenters. The SMILES string of the molecule is C=CCCCCCC(O)CSc1ccccc1Br. The van der Waals surface area contributed by atoms with E-state index >= 15 is 0 Å². The Morgan fingerprint density at radius 2 is 2.06 bits per heavy atom. The predicted molar refractivity (Wildman–Crippen MR) is 84.2 cm³/mol. The Labute approximate surface area is 123 Å². The fourth-order valence-corrected chi connectivity index (χ4v) is 3.22. The van der Waals surface area contributed by atoms with E-state index in [1.165, 1.54) is 17.7 Å². The van der Waals surface area contributed by atoms with Gasteiger partial charge in [-0.25, -0.2) is 0 Å². The van der Waals surface area contributed by atoms with Crippen molar-refractivity contribution in [2.75, 3.05) is 5.75 Å². The van der Waals surface area contributed by atoms with E-state index in [0.717, 1.165) is 29.5 Å². The number of hydrogen-bond donors (Lipinski definition) is 1. The molecule has 1 rings (SSSR count). The molecule has 1 aromatic rings. The van der Waals surface area contributed by atoms with Gasteiger partial charge in [0, 0.05) is 15.1 Å². The molecular weight excluding hydrogens is 308 g/mol. The van der Waals surface area contributed by atoms with Crippen LogP contribution in [0.3, 0.4) is 0 Å². The van der Waals surface area contributed by atoms with Crippen molar-refractivity contribution in [1.29, 1.82) is 0 Å². The maximum absolute atomic E-state index is 9.90. The lowest BCUT2D eigenvalue weighted by molar-refractivity contribution is 0.185. The maximum Gasteiger partial charge on any atom is 0.0634 e. The van der Waals surface area contributed by atoms with Gasteiger partial charge in [0.25, 0.3) is 0 Å². The van der Waals surface area contributed by atoms with Gasteiger partial charge in [0.1, 0.15) is 0 Å². The summed E-state index contributed by atoms with van der Waals surface area (Å²) < 4.78 is 1.10. The summed E-state index contributed by atoms with van der Waals surface area (Å²) in [7, 11) is 0. The quantitative estimate of drug-likeness (QED) is 0.389. The van der Waals surface area contributed by atoms with Crippen LogP contribution in [0.2, 0.25) is 0 Å². The third-order valence-electron chi connectivity index (χ3n) is 2.71. The number of thioether (sulfide) groups is 1. The molecule has 1 N–H and O–H groups in total. The third-order valence-corrected chi connectivity index (χ3v) is 4.89. The van der Waals surface area contributed by atoms with Crippen molar-refractivity contribution in [3.8, 4) is 0 Å². The molecule has 1 nitrogen and oxygen atoms in total. The number of halogens is 1. The summed E-state index contributed by atoms with van der Waals surface area (Å²) >= 11 is 5.23. The summed E-state index contributed by atoms with van der Waals surface area (Å²) in [6, 6.07) is 8.13. The van der Waals surface area contributed by atoms with Gasteiger partial charge < -0.3 is 5.11 Å². The van der Waals surface area contributed by atoms with E-state index in [1.807, 2.05) is 24.3 Å². The monoisotopic (exact) mass is 328 g/mol.